The molecular formula is C13H24O2P+. The molecule has 0 bridgehead atoms. The molecule has 2 saturated carbocycles. The van der Waals surface area contributed by atoms with E-state index in [0.717, 1.165) is 0 Å². The summed E-state index contributed by atoms with van der Waals surface area (Å²) < 4.78 is 11.6. The van der Waals surface area contributed by atoms with Crippen LogP contribution in [0, 0.1) is 11.8 Å². The zero-order valence-corrected chi connectivity index (χ0v) is 11.0. The van der Waals surface area contributed by atoms with Gasteiger partial charge in [-0.3, -0.25) is 0 Å². The summed E-state index contributed by atoms with van der Waals surface area (Å²) in [6.07, 6.45) is 12.5. The van der Waals surface area contributed by atoms with Gasteiger partial charge in [0.25, 0.3) is 0 Å². The lowest BCUT2D eigenvalue weighted by Gasteiger charge is -2.30. The highest BCUT2D eigenvalue weighted by Crippen LogP contribution is 2.45. The zero-order chi connectivity index (χ0) is 11.4. The van der Waals surface area contributed by atoms with Crippen LogP contribution in [0.5, 0.6) is 0 Å². The Bertz CT molecular complexity index is 212. The molecular weight excluding hydrogens is 219 g/mol. The maximum absolute atomic E-state index is 11.6. The van der Waals surface area contributed by atoms with Crippen molar-refractivity contribution in [1.29, 1.82) is 0 Å². The molecule has 0 amide bonds. The van der Waals surface area contributed by atoms with Gasteiger partial charge in [-0.2, -0.15) is 4.89 Å². The molecule has 0 aromatic carbocycles. The summed E-state index contributed by atoms with van der Waals surface area (Å²) >= 11 is 0. The summed E-state index contributed by atoms with van der Waals surface area (Å²) in [4.78, 5) is 9.63. The fourth-order valence-corrected chi connectivity index (χ4v) is 5.01. The summed E-state index contributed by atoms with van der Waals surface area (Å²) in [5.41, 5.74) is 0.121. The molecule has 2 fully saturated rings. The minimum Gasteiger partial charge on any atom is -0.161 e. The molecule has 2 aliphatic carbocycles. The summed E-state index contributed by atoms with van der Waals surface area (Å²) in [5, 5.41) is 0. The molecule has 3 heteroatoms. The highest BCUT2D eigenvalue weighted by Gasteiger charge is 2.44. The SMILES string of the molecule is O=[P+](O)C(C1CCCCC1)C1CCCCC1. The van der Waals surface area contributed by atoms with E-state index in [2.05, 4.69) is 0 Å². The first kappa shape index (κ1) is 12.5. The highest BCUT2D eigenvalue weighted by molar-refractivity contribution is 7.39. The number of hydrogen-bond donors (Lipinski definition) is 1. The lowest BCUT2D eigenvalue weighted by atomic mass is 9.77. The lowest BCUT2D eigenvalue weighted by molar-refractivity contribution is 0.240. The van der Waals surface area contributed by atoms with Crippen molar-refractivity contribution >= 4 is 8.03 Å². The number of hydrogen-bond acceptors (Lipinski definition) is 1. The molecule has 2 aliphatic rings. The summed E-state index contributed by atoms with van der Waals surface area (Å²) in [6.45, 7) is 0. The van der Waals surface area contributed by atoms with Crippen LogP contribution in [0.4, 0.5) is 0 Å². The van der Waals surface area contributed by atoms with Crippen molar-refractivity contribution in [2.75, 3.05) is 0 Å². The normalized spacial score (nSPS) is 26.0. The molecule has 2 nitrogen and oxygen atoms in total. The van der Waals surface area contributed by atoms with Crippen molar-refractivity contribution < 1.29 is 9.46 Å². The fourth-order valence-electron chi connectivity index (χ4n) is 3.70. The lowest BCUT2D eigenvalue weighted by Crippen LogP contribution is -2.29. The Morgan fingerprint density at radius 2 is 1.19 bits per heavy atom. The molecule has 0 spiro atoms. The first-order chi connectivity index (χ1) is 7.79. The van der Waals surface area contributed by atoms with E-state index >= 15 is 0 Å². The molecule has 16 heavy (non-hydrogen) atoms. The summed E-state index contributed by atoms with van der Waals surface area (Å²) in [6, 6.07) is 0. The van der Waals surface area contributed by atoms with Crippen LogP contribution in [0.3, 0.4) is 0 Å². The van der Waals surface area contributed by atoms with Crippen LogP contribution in [0.1, 0.15) is 64.2 Å². The topological polar surface area (TPSA) is 37.3 Å². The minimum atomic E-state index is -1.96. The monoisotopic (exact) mass is 243 g/mol. The summed E-state index contributed by atoms with van der Waals surface area (Å²) in [7, 11) is -1.96. The van der Waals surface area contributed by atoms with Gasteiger partial charge in [0.15, 0.2) is 5.66 Å². The maximum atomic E-state index is 11.6. The van der Waals surface area contributed by atoms with Gasteiger partial charge >= 0.3 is 8.03 Å². The Hall–Kier alpha value is 0.0600. The van der Waals surface area contributed by atoms with Crippen LogP contribution in [-0.2, 0) is 4.57 Å². The molecule has 0 aliphatic heterocycles. The molecule has 1 atom stereocenters. The standard InChI is InChI=1S/C13H23O2P/c14-16(15)13(11-7-3-1-4-8-11)12-9-5-2-6-10-12/h11-13H,1-10H2/p+1. The molecule has 0 saturated heterocycles. The van der Waals surface area contributed by atoms with Gasteiger partial charge in [-0.25, -0.2) is 0 Å². The smallest absolute Gasteiger partial charge is 0.161 e. The van der Waals surface area contributed by atoms with Crippen LogP contribution in [0.15, 0.2) is 0 Å². The third-order valence-corrected chi connectivity index (χ3v) is 5.87. The first-order valence-corrected chi connectivity index (χ1v) is 8.22. The van der Waals surface area contributed by atoms with E-state index in [1.807, 2.05) is 0 Å². The molecule has 92 valence electrons. The second-order valence-electron chi connectivity index (χ2n) is 5.59. The Morgan fingerprint density at radius 3 is 1.50 bits per heavy atom. The van der Waals surface area contributed by atoms with E-state index in [9.17, 15) is 9.46 Å². The zero-order valence-electron chi connectivity index (χ0n) is 10.1. The maximum Gasteiger partial charge on any atom is 0.509 e. The second-order valence-corrected chi connectivity index (χ2v) is 6.79. The molecule has 0 heterocycles. The van der Waals surface area contributed by atoms with Crippen LogP contribution in [0.2, 0.25) is 0 Å². The first-order valence-electron chi connectivity index (χ1n) is 6.94. The van der Waals surface area contributed by atoms with Crippen LogP contribution in [-0.4, -0.2) is 10.6 Å². The third-order valence-electron chi connectivity index (χ3n) is 4.52. The molecule has 0 aromatic rings. The predicted octanol–water partition coefficient (Wildman–Crippen LogP) is 4.25. The molecule has 0 radical (unpaired) electrons. The van der Waals surface area contributed by atoms with Crippen molar-refractivity contribution in [1.82, 2.24) is 0 Å². The van der Waals surface area contributed by atoms with Crippen molar-refractivity contribution in [2.45, 2.75) is 69.9 Å². The Balaban J connectivity index is 1.99. The van der Waals surface area contributed by atoms with E-state index in [1.54, 1.807) is 0 Å². The van der Waals surface area contributed by atoms with Gasteiger partial charge in [-0.05, 0) is 30.2 Å². The molecule has 0 aromatic heterocycles. The van der Waals surface area contributed by atoms with Crippen molar-refractivity contribution in [3.8, 4) is 0 Å². The average Bonchev–Trinajstić information content (AvgIpc) is 2.31. The van der Waals surface area contributed by atoms with Crippen molar-refractivity contribution in [3.63, 3.8) is 0 Å². The van der Waals surface area contributed by atoms with E-state index in [-0.39, 0.29) is 5.66 Å². The van der Waals surface area contributed by atoms with E-state index in [4.69, 9.17) is 0 Å². The Labute approximate surface area is 99.7 Å². The van der Waals surface area contributed by atoms with Gasteiger partial charge in [0.1, 0.15) is 0 Å². The number of rotatable bonds is 3. The van der Waals surface area contributed by atoms with Crippen molar-refractivity contribution in [3.05, 3.63) is 0 Å². The van der Waals surface area contributed by atoms with Gasteiger partial charge in [0, 0.05) is 11.8 Å². The average molecular weight is 243 g/mol. The van der Waals surface area contributed by atoms with Crippen LogP contribution in [0.25, 0.3) is 0 Å². The van der Waals surface area contributed by atoms with Gasteiger partial charge < -0.3 is 0 Å². The highest BCUT2D eigenvalue weighted by atomic mass is 31.1. The second kappa shape index (κ2) is 6.12. The van der Waals surface area contributed by atoms with E-state index in [1.165, 1.54) is 64.2 Å². The van der Waals surface area contributed by atoms with Crippen LogP contribution >= 0.6 is 8.03 Å². The Morgan fingerprint density at radius 1 is 0.812 bits per heavy atom. The van der Waals surface area contributed by atoms with Gasteiger partial charge in [-0.1, -0.05) is 38.5 Å². The summed E-state index contributed by atoms with van der Waals surface area (Å²) in [5.74, 6) is 1.09. The van der Waals surface area contributed by atoms with Crippen LogP contribution < -0.4 is 0 Å². The predicted molar refractivity (Wildman–Crippen MR) is 66.8 cm³/mol. The largest absolute Gasteiger partial charge is 0.509 e. The molecule has 1 unspecified atom stereocenters. The third kappa shape index (κ3) is 3.05. The minimum absolute atomic E-state index is 0.121. The molecule has 1 N–H and O–H groups in total. The van der Waals surface area contributed by atoms with Gasteiger partial charge in [-0.15, -0.1) is 0 Å². The van der Waals surface area contributed by atoms with Gasteiger partial charge in [0.2, 0.25) is 0 Å². The fraction of sp³-hybridized carbons (Fsp3) is 1.00. The van der Waals surface area contributed by atoms with E-state index < -0.39 is 8.03 Å². The Kier molecular flexibility index (Phi) is 4.79. The van der Waals surface area contributed by atoms with E-state index in [0.29, 0.717) is 11.8 Å². The molecule has 2 rings (SSSR count). The quantitative estimate of drug-likeness (QED) is 0.752. The van der Waals surface area contributed by atoms with Crippen molar-refractivity contribution in [2.24, 2.45) is 11.8 Å². The van der Waals surface area contributed by atoms with Gasteiger partial charge in [0.05, 0.1) is 0 Å².